The number of benzene rings is 3. The van der Waals surface area contributed by atoms with Crippen molar-refractivity contribution < 1.29 is 0 Å². The van der Waals surface area contributed by atoms with Crippen LogP contribution in [0.3, 0.4) is 0 Å². The first-order chi connectivity index (χ1) is 23.4. The molecular weight excluding hydrogens is 629 g/mol. The smallest absolute Gasteiger partial charge is 0.197 e. The molecule has 0 aliphatic rings. The molecule has 0 radical (unpaired) electrons. The average Bonchev–Trinajstić information content (AvgIpc) is 3.79. The van der Waals surface area contributed by atoms with Gasteiger partial charge in [0.05, 0.1) is 22.1 Å². The van der Waals surface area contributed by atoms with Gasteiger partial charge in [-0.2, -0.15) is 0 Å². The first kappa shape index (κ1) is 32.5. The minimum Gasteiger partial charge on any atom is -0.343 e. The molecule has 0 atom stereocenters. The van der Waals surface area contributed by atoms with Gasteiger partial charge in [-0.05, 0) is 74.2 Å². The van der Waals surface area contributed by atoms with E-state index in [0.717, 1.165) is 46.0 Å². The standard InChI is InChI=1S/C42H44N2O2S2/c1-5-7-9-11-15-27-21-23-37(47-27)29-17-13-19-31-39(29)43(3)35-25-34-36(26-33(35)41(31)45)44(4)40-30(18-14-20-32(40)42(34)46)38-24-22-28(48-38)16-12-10-8-6-2/h13-14,17-26H,5-12,15-16H2,1-4H3. The predicted octanol–water partition coefficient (Wildman–Crippen LogP) is 11.4. The molecule has 0 N–H and O–H groups in total. The Labute approximate surface area is 290 Å². The maximum absolute atomic E-state index is 14.3. The summed E-state index contributed by atoms with van der Waals surface area (Å²) in [5, 5.41) is 2.68. The molecule has 0 fully saturated rings. The highest BCUT2D eigenvalue weighted by Crippen LogP contribution is 2.37. The van der Waals surface area contributed by atoms with E-state index in [1.165, 1.54) is 70.9 Å². The number of aromatic nitrogens is 2. The average molecular weight is 673 g/mol. The molecule has 4 aromatic heterocycles. The Morgan fingerprint density at radius 1 is 0.521 bits per heavy atom. The molecule has 0 saturated heterocycles. The number of hydrogen-bond donors (Lipinski definition) is 0. The van der Waals surface area contributed by atoms with Crippen LogP contribution in [0.25, 0.3) is 64.5 Å². The third kappa shape index (κ3) is 5.83. The monoisotopic (exact) mass is 672 g/mol. The molecule has 0 spiro atoms. The molecule has 0 aliphatic carbocycles. The Morgan fingerprint density at radius 2 is 0.958 bits per heavy atom. The summed E-state index contributed by atoms with van der Waals surface area (Å²) < 4.78 is 4.24. The second-order valence-electron chi connectivity index (χ2n) is 13.2. The van der Waals surface area contributed by atoms with Crippen LogP contribution in [0.2, 0.25) is 0 Å². The number of unbranched alkanes of at least 4 members (excludes halogenated alkanes) is 6. The molecule has 3 aromatic carbocycles. The normalized spacial score (nSPS) is 11.9. The second-order valence-corrected chi connectivity index (χ2v) is 15.6. The van der Waals surface area contributed by atoms with Crippen molar-refractivity contribution in [2.24, 2.45) is 14.1 Å². The SMILES string of the molecule is CCCCCCc1ccc(-c2cccc3c(=O)c4cc5c(cc4n(C)c23)c(=O)c2cccc(-c3ccc(CCCCCC)s3)c2n5C)s1. The molecule has 6 heteroatoms. The fourth-order valence-corrected chi connectivity index (χ4v) is 9.52. The molecule has 4 nitrogen and oxygen atoms in total. The van der Waals surface area contributed by atoms with Crippen LogP contribution in [0, 0.1) is 0 Å². The van der Waals surface area contributed by atoms with Crippen molar-refractivity contribution in [3.63, 3.8) is 0 Å². The van der Waals surface area contributed by atoms with Crippen LogP contribution in [-0.2, 0) is 26.9 Å². The van der Waals surface area contributed by atoms with Crippen molar-refractivity contribution in [1.29, 1.82) is 0 Å². The molecule has 7 rings (SSSR count). The lowest BCUT2D eigenvalue weighted by atomic mass is 10.0. The maximum atomic E-state index is 14.3. The predicted molar refractivity (Wildman–Crippen MR) is 209 cm³/mol. The molecule has 0 amide bonds. The summed E-state index contributed by atoms with van der Waals surface area (Å²) in [6.45, 7) is 4.49. The quantitative estimate of drug-likeness (QED) is 0.0958. The Hall–Kier alpha value is -4.00. The number of para-hydroxylation sites is 2. The maximum Gasteiger partial charge on any atom is 0.197 e. The lowest BCUT2D eigenvalue weighted by molar-refractivity contribution is 0.670. The molecule has 4 heterocycles. The number of rotatable bonds is 12. The van der Waals surface area contributed by atoms with Crippen LogP contribution in [0.4, 0.5) is 0 Å². The highest BCUT2D eigenvalue weighted by atomic mass is 32.1. The summed E-state index contributed by atoms with van der Waals surface area (Å²) in [4.78, 5) is 33.6. The van der Waals surface area contributed by atoms with Gasteiger partial charge in [0, 0.05) is 66.3 Å². The summed E-state index contributed by atoms with van der Waals surface area (Å²) in [6.07, 6.45) is 12.1. The molecule has 48 heavy (non-hydrogen) atoms. The minimum atomic E-state index is 0.00463. The van der Waals surface area contributed by atoms with Crippen molar-refractivity contribution in [2.45, 2.75) is 78.1 Å². The largest absolute Gasteiger partial charge is 0.343 e. The van der Waals surface area contributed by atoms with E-state index in [1.54, 1.807) is 0 Å². The van der Waals surface area contributed by atoms with Crippen LogP contribution < -0.4 is 10.9 Å². The first-order valence-corrected chi connectivity index (χ1v) is 19.2. The van der Waals surface area contributed by atoms with E-state index < -0.39 is 0 Å². The van der Waals surface area contributed by atoms with E-state index in [0.29, 0.717) is 21.5 Å². The van der Waals surface area contributed by atoms with Gasteiger partial charge in [-0.25, -0.2) is 0 Å². The van der Waals surface area contributed by atoms with E-state index in [1.807, 2.05) is 73.2 Å². The van der Waals surface area contributed by atoms with Crippen molar-refractivity contribution in [1.82, 2.24) is 9.13 Å². The van der Waals surface area contributed by atoms with E-state index in [-0.39, 0.29) is 10.9 Å². The third-order valence-electron chi connectivity index (χ3n) is 9.97. The Balaban J connectivity index is 1.37. The van der Waals surface area contributed by atoms with E-state index in [9.17, 15) is 9.59 Å². The Morgan fingerprint density at radius 3 is 1.38 bits per heavy atom. The Kier molecular flexibility index (Phi) is 9.39. The van der Waals surface area contributed by atoms with E-state index >= 15 is 0 Å². The minimum absolute atomic E-state index is 0.00463. The lowest BCUT2D eigenvalue weighted by Crippen LogP contribution is -2.14. The first-order valence-electron chi connectivity index (χ1n) is 17.6. The van der Waals surface area contributed by atoms with Gasteiger partial charge in [0.15, 0.2) is 10.9 Å². The molecule has 246 valence electrons. The highest BCUT2D eigenvalue weighted by Gasteiger charge is 2.19. The highest BCUT2D eigenvalue weighted by molar-refractivity contribution is 7.15. The summed E-state index contributed by atoms with van der Waals surface area (Å²) in [7, 11) is 4.05. The van der Waals surface area contributed by atoms with Gasteiger partial charge < -0.3 is 9.13 Å². The topological polar surface area (TPSA) is 44.0 Å². The number of nitrogens with zero attached hydrogens (tertiary/aromatic N) is 2. The zero-order valence-corrected chi connectivity index (χ0v) is 30.2. The van der Waals surface area contributed by atoms with Crippen molar-refractivity contribution in [3.05, 3.63) is 103 Å². The van der Waals surface area contributed by atoms with E-state index in [2.05, 4.69) is 59.4 Å². The van der Waals surface area contributed by atoms with Gasteiger partial charge in [0.1, 0.15) is 0 Å². The third-order valence-corrected chi connectivity index (χ3v) is 12.3. The van der Waals surface area contributed by atoms with Crippen molar-refractivity contribution >= 4 is 66.3 Å². The number of thiophene rings is 2. The van der Waals surface area contributed by atoms with Crippen LogP contribution in [-0.4, -0.2) is 9.13 Å². The summed E-state index contributed by atoms with van der Waals surface area (Å²) in [6, 6.07) is 24.9. The molecule has 0 bridgehead atoms. The number of pyridine rings is 2. The molecule has 0 unspecified atom stereocenters. The van der Waals surface area contributed by atoms with E-state index in [4.69, 9.17) is 0 Å². The second kappa shape index (κ2) is 13.9. The van der Waals surface area contributed by atoms with Gasteiger partial charge in [-0.15, -0.1) is 22.7 Å². The zero-order valence-electron chi connectivity index (χ0n) is 28.5. The lowest BCUT2D eigenvalue weighted by Gasteiger charge is -2.17. The number of fused-ring (bicyclic) bond motifs is 4. The van der Waals surface area contributed by atoms with Gasteiger partial charge in [-0.1, -0.05) is 76.6 Å². The molecule has 0 saturated carbocycles. The van der Waals surface area contributed by atoms with Crippen LogP contribution in [0.15, 0.2) is 82.4 Å². The molecular formula is C42H44N2O2S2. The van der Waals surface area contributed by atoms with Crippen molar-refractivity contribution in [2.75, 3.05) is 0 Å². The van der Waals surface area contributed by atoms with Gasteiger partial charge in [0.25, 0.3) is 0 Å². The Bertz CT molecular complexity index is 2240. The fraction of sp³-hybridized carbons (Fsp3) is 0.333. The summed E-state index contributed by atoms with van der Waals surface area (Å²) in [5.41, 5.74) is 5.53. The van der Waals surface area contributed by atoms with Gasteiger partial charge in [-0.3, -0.25) is 9.59 Å². The van der Waals surface area contributed by atoms with Crippen LogP contribution >= 0.6 is 22.7 Å². The molecule has 0 aliphatic heterocycles. The number of aryl methyl sites for hydroxylation is 4. The van der Waals surface area contributed by atoms with Gasteiger partial charge >= 0.3 is 0 Å². The fourth-order valence-electron chi connectivity index (χ4n) is 7.37. The number of hydrogen-bond acceptors (Lipinski definition) is 4. The van der Waals surface area contributed by atoms with Crippen LogP contribution in [0.5, 0.6) is 0 Å². The zero-order chi connectivity index (χ0) is 33.4. The summed E-state index contributed by atoms with van der Waals surface area (Å²) in [5.74, 6) is 0. The summed E-state index contributed by atoms with van der Waals surface area (Å²) >= 11 is 3.65. The van der Waals surface area contributed by atoms with Crippen molar-refractivity contribution in [3.8, 4) is 20.9 Å². The van der Waals surface area contributed by atoms with Crippen LogP contribution in [0.1, 0.15) is 75.0 Å². The van der Waals surface area contributed by atoms with Gasteiger partial charge in [0.2, 0.25) is 0 Å². The molecule has 7 aromatic rings.